The number of unbranched alkanes of at least 4 members (excludes halogenated alkanes) is 3. The van der Waals surface area contributed by atoms with Crippen molar-refractivity contribution < 1.29 is 4.79 Å². The summed E-state index contributed by atoms with van der Waals surface area (Å²) >= 11 is 0. The van der Waals surface area contributed by atoms with Gasteiger partial charge in [-0.1, -0.05) is 50.1 Å². The highest BCUT2D eigenvalue weighted by Crippen LogP contribution is 2.24. The minimum atomic E-state index is -0.121. The normalized spacial score (nSPS) is 11.1. The molecular weight excluding hydrogens is 494 g/mol. The molecule has 7 heteroatoms. The summed E-state index contributed by atoms with van der Waals surface area (Å²) in [5.74, 6) is 0.383. The van der Waals surface area contributed by atoms with Gasteiger partial charge in [0.2, 0.25) is 5.95 Å². The van der Waals surface area contributed by atoms with Gasteiger partial charge in [0.1, 0.15) is 0 Å². The van der Waals surface area contributed by atoms with Crippen molar-refractivity contribution in [1.82, 2.24) is 14.5 Å². The van der Waals surface area contributed by atoms with E-state index in [-0.39, 0.29) is 18.3 Å². The smallest absolute Gasteiger partial charge is 0.255 e. The van der Waals surface area contributed by atoms with Crippen LogP contribution >= 0.6 is 12.4 Å². The van der Waals surface area contributed by atoms with Crippen LogP contribution in [0, 0.1) is 0 Å². The topological polar surface area (TPSA) is 88.7 Å². The molecular formula is C31H36ClN5O. The molecule has 0 aliphatic rings. The molecule has 2 heterocycles. The molecule has 0 atom stereocenters. The van der Waals surface area contributed by atoms with Crippen LogP contribution in [0.5, 0.6) is 0 Å². The number of rotatable bonds is 11. The minimum absolute atomic E-state index is 0. The molecule has 0 saturated heterocycles. The van der Waals surface area contributed by atoms with Crippen molar-refractivity contribution in [3.8, 4) is 0 Å². The molecule has 0 aliphatic heterocycles. The first-order valence-electron chi connectivity index (χ1n) is 13.3. The molecule has 0 bridgehead atoms. The van der Waals surface area contributed by atoms with Gasteiger partial charge in [0.05, 0.1) is 11.0 Å². The van der Waals surface area contributed by atoms with Crippen molar-refractivity contribution in [2.24, 2.45) is 0 Å². The van der Waals surface area contributed by atoms with E-state index in [0.29, 0.717) is 17.2 Å². The number of halogens is 1. The fourth-order valence-electron chi connectivity index (χ4n) is 4.99. The maximum atomic E-state index is 12.8. The Bertz CT molecular complexity index is 1500. The van der Waals surface area contributed by atoms with E-state index < -0.39 is 0 Å². The van der Waals surface area contributed by atoms with Crippen molar-refractivity contribution in [1.29, 1.82) is 0 Å². The molecule has 4 N–H and O–H groups in total. The Balaban J connectivity index is 0.00000336. The number of hydrogen-bond donors (Lipinski definition) is 3. The molecule has 5 aromatic rings. The number of carbonyl (C=O) groups is 1. The predicted molar refractivity (Wildman–Crippen MR) is 160 cm³/mol. The lowest BCUT2D eigenvalue weighted by molar-refractivity contribution is 0.102. The number of imidazole rings is 1. The Morgan fingerprint density at radius 3 is 2.58 bits per heavy atom. The zero-order valence-corrected chi connectivity index (χ0v) is 22.7. The fraction of sp³-hybridized carbons (Fsp3) is 0.290. The van der Waals surface area contributed by atoms with Crippen molar-refractivity contribution in [3.05, 3.63) is 89.6 Å². The quantitative estimate of drug-likeness (QED) is 0.154. The van der Waals surface area contributed by atoms with Crippen molar-refractivity contribution in [3.63, 3.8) is 0 Å². The number of anilines is 2. The van der Waals surface area contributed by atoms with Gasteiger partial charge < -0.3 is 20.6 Å². The summed E-state index contributed by atoms with van der Waals surface area (Å²) in [6.07, 6.45) is 9.88. The summed E-state index contributed by atoms with van der Waals surface area (Å²) in [5, 5.41) is 4.30. The summed E-state index contributed by atoms with van der Waals surface area (Å²) in [5.41, 5.74) is 13.2. The maximum absolute atomic E-state index is 12.8. The first-order valence-corrected chi connectivity index (χ1v) is 13.3. The number of fused-ring (bicyclic) bond motifs is 2. The van der Waals surface area contributed by atoms with Crippen LogP contribution in [0.25, 0.3) is 21.9 Å². The van der Waals surface area contributed by atoms with E-state index in [1.54, 1.807) is 0 Å². The van der Waals surface area contributed by atoms with Gasteiger partial charge in [-0.3, -0.25) is 4.79 Å². The van der Waals surface area contributed by atoms with Crippen LogP contribution in [-0.4, -0.2) is 20.4 Å². The van der Waals surface area contributed by atoms with Crippen LogP contribution in [0.15, 0.2) is 72.9 Å². The molecule has 0 aliphatic carbocycles. The molecule has 1 amide bonds. The number of nitrogens with two attached hydrogens (primary N) is 1. The van der Waals surface area contributed by atoms with E-state index >= 15 is 0 Å². The Labute approximate surface area is 230 Å². The second-order valence-corrected chi connectivity index (χ2v) is 9.75. The van der Waals surface area contributed by atoms with Gasteiger partial charge in [-0.05, 0) is 79.6 Å². The monoisotopic (exact) mass is 529 g/mol. The molecule has 0 radical (unpaired) electrons. The molecule has 0 spiro atoms. The molecule has 2 aromatic heterocycles. The summed E-state index contributed by atoms with van der Waals surface area (Å²) in [4.78, 5) is 20.7. The van der Waals surface area contributed by atoms with Gasteiger partial charge in [0.15, 0.2) is 0 Å². The van der Waals surface area contributed by atoms with E-state index in [9.17, 15) is 4.79 Å². The third-order valence-corrected chi connectivity index (χ3v) is 7.07. The molecule has 0 fully saturated rings. The van der Waals surface area contributed by atoms with Crippen LogP contribution in [0.2, 0.25) is 0 Å². The average molecular weight is 530 g/mol. The van der Waals surface area contributed by atoms with Gasteiger partial charge in [0.25, 0.3) is 5.91 Å². The Hall–Kier alpha value is -3.77. The number of para-hydroxylation sites is 1. The molecule has 0 saturated carbocycles. The van der Waals surface area contributed by atoms with Gasteiger partial charge in [-0.15, -0.1) is 12.4 Å². The standard InChI is InChI=1S/C31H35N5O.ClH/c1-2-3-4-9-22-13-15-23(16-14-22)30(37)34-25-17-18-29-28(20-25)35-31(32)36(29)19-8-7-10-24-21-33-27-12-6-5-11-26(24)27;/h5-6,11-18,20-21,33H,2-4,7-10,19H2,1H3,(H2,32,35)(H,34,37);1H. The van der Waals surface area contributed by atoms with E-state index in [1.165, 1.54) is 41.3 Å². The van der Waals surface area contributed by atoms with E-state index in [0.717, 1.165) is 43.3 Å². The number of nitrogens with one attached hydrogen (secondary N) is 2. The van der Waals surface area contributed by atoms with Gasteiger partial charge in [0, 0.05) is 34.9 Å². The van der Waals surface area contributed by atoms with Gasteiger partial charge in [-0.2, -0.15) is 0 Å². The number of hydrogen-bond acceptors (Lipinski definition) is 3. The molecule has 198 valence electrons. The molecule has 6 nitrogen and oxygen atoms in total. The number of nitrogens with zero attached hydrogens (tertiary/aromatic N) is 2. The summed E-state index contributed by atoms with van der Waals surface area (Å²) in [6, 6.07) is 22.1. The second-order valence-electron chi connectivity index (χ2n) is 9.75. The SMILES string of the molecule is CCCCCc1ccc(C(=O)Nc2ccc3c(c2)nc(N)n3CCCCc2c[nH]c3ccccc23)cc1.Cl. The van der Waals surface area contributed by atoms with Crippen LogP contribution in [0.4, 0.5) is 11.6 Å². The maximum Gasteiger partial charge on any atom is 0.255 e. The highest BCUT2D eigenvalue weighted by Gasteiger charge is 2.12. The summed E-state index contributed by atoms with van der Waals surface area (Å²) in [7, 11) is 0. The van der Waals surface area contributed by atoms with E-state index in [4.69, 9.17) is 5.73 Å². The Kier molecular flexibility index (Phi) is 9.08. The number of aryl methyl sites for hydroxylation is 3. The van der Waals surface area contributed by atoms with E-state index in [1.807, 2.05) is 30.3 Å². The average Bonchev–Trinajstić information content (AvgIpc) is 3.46. The van der Waals surface area contributed by atoms with Crippen molar-refractivity contribution in [2.75, 3.05) is 11.1 Å². The van der Waals surface area contributed by atoms with Crippen LogP contribution in [0.1, 0.15) is 60.5 Å². The van der Waals surface area contributed by atoms with Crippen molar-refractivity contribution in [2.45, 2.75) is 58.4 Å². The van der Waals surface area contributed by atoms with E-state index in [2.05, 4.69) is 69.4 Å². The molecule has 0 unspecified atom stereocenters. The van der Waals surface area contributed by atoms with Gasteiger partial charge >= 0.3 is 0 Å². The number of carbonyl (C=O) groups excluding carboxylic acids is 1. The third kappa shape index (κ3) is 6.20. The van der Waals surface area contributed by atoms with Crippen molar-refractivity contribution >= 4 is 51.9 Å². The Morgan fingerprint density at radius 2 is 1.76 bits per heavy atom. The lowest BCUT2D eigenvalue weighted by Gasteiger charge is -2.08. The van der Waals surface area contributed by atoms with Crippen LogP contribution in [0.3, 0.4) is 0 Å². The van der Waals surface area contributed by atoms with Gasteiger partial charge in [-0.25, -0.2) is 4.98 Å². The number of amides is 1. The number of aromatic amines is 1. The minimum Gasteiger partial charge on any atom is -0.369 e. The highest BCUT2D eigenvalue weighted by molar-refractivity contribution is 6.05. The Morgan fingerprint density at radius 1 is 0.974 bits per heavy atom. The largest absolute Gasteiger partial charge is 0.369 e. The molecule has 38 heavy (non-hydrogen) atoms. The molecule has 3 aromatic carbocycles. The predicted octanol–water partition coefficient (Wildman–Crippen LogP) is 7.53. The van der Waals surface area contributed by atoms with Crippen LogP contribution < -0.4 is 11.1 Å². The number of aromatic nitrogens is 3. The highest BCUT2D eigenvalue weighted by atomic mass is 35.5. The zero-order chi connectivity index (χ0) is 25.6. The zero-order valence-electron chi connectivity index (χ0n) is 21.9. The number of H-pyrrole nitrogens is 1. The summed E-state index contributed by atoms with van der Waals surface area (Å²) < 4.78 is 2.06. The first kappa shape index (κ1) is 27.3. The first-order chi connectivity index (χ1) is 18.1. The summed E-state index contributed by atoms with van der Waals surface area (Å²) in [6.45, 7) is 3.01. The number of benzene rings is 3. The lowest BCUT2D eigenvalue weighted by Crippen LogP contribution is -2.11. The third-order valence-electron chi connectivity index (χ3n) is 7.07. The second kappa shape index (κ2) is 12.7. The number of nitrogen functional groups attached to an aromatic ring is 1. The fourth-order valence-corrected chi connectivity index (χ4v) is 4.99. The van der Waals surface area contributed by atoms with Crippen LogP contribution in [-0.2, 0) is 19.4 Å². The lowest BCUT2D eigenvalue weighted by atomic mass is 10.1. The molecule has 5 rings (SSSR count).